The Morgan fingerprint density at radius 3 is 2.07 bits per heavy atom. The van der Waals surface area contributed by atoms with E-state index in [2.05, 4.69) is 69.7 Å². The van der Waals surface area contributed by atoms with Gasteiger partial charge in [0.1, 0.15) is 11.8 Å². The molecule has 3 atom stereocenters. The molecule has 5 heterocycles. The number of phenols is 1. The van der Waals surface area contributed by atoms with Crippen molar-refractivity contribution in [3.8, 4) is 5.75 Å². The molecule has 0 bridgehead atoms. The molecular weight excluding hydrogens is 774 g/mol. The summed E-state index contributed by atoms with van der Waals surface area (Å²) in [5.41, 5.74) is 6.66. The maximum atomic E-state index is 16.5. The zero-order chi connectivity index (χ0) is 42.0. The summed E-state index contributed by atoms with van der Waals surface area (Å²) in [4.78, 5) is 71.7. The maximum Gasteiger partial charge on any atom is 0.262 e. The minimum Gasteiger partial charge on any atom is -0.508 e. The Hall–Kier alpha value is -5.88. The lowest BCUT2D eigenvalue weighted by Gasteiger charge is -2.41. The van der Waals surface area contributed by atoms with Crippen molar-refractivity contribution in [3.63, 3.8) is 0 Å². The summed E-state index contributed by atoms with van der Waals surface area (Å²) in [6, 6.07) is 27.6. The molecule has 5 aliphatic heterocycles. The van der Waals surface area contributed by atoms with E-state index in [1.54, 1.807) is 23.1 Å². The topological polar surface area (TPSA) is 131 Å². The number of amides is 5. The number of imide groups is 2. The summed E-state index contributed by atoms with van der Waals surface area (Å²) >= 11 is 0. The van der Waals surface area contributed by atoms with Gasteiger partial charge in [0.25, 0.3) is 17.7 Å². The summed E-state index contributed by atoms with van der Waals surface area (Å²) in [5.74, 6) is -1.33. The SMILES string of the molecule is O=C1CCC(N2C(=O)c3cc4c(cc3C2=O)CN(CC2CCN(C(=O)C3(F)CCN(c5ccc([C@@H]6c7ccc(O)cc7CC[C@@H]6c6ccccc6)cc5)CC3)CC2)C4)C(=O)N1. The average molecular weight is 824 g/mol. The molecule has 314 valence electrons. The number of aryl methyl sites for hydroxylation is 1. The van der Waals surface area contributed by atoms with Gasteiger partial charge < -0.3 is 14.9 Å². The second-order valence-corrected chi connectivity index (χ2v) is 18.0. The summed E-state index contributed by atoms with van der Waals surface area (Å²) in [6.45, 7) is 4.00. The van der Waals surface area contributed by atoms with Crippen molar-refractivity contribution in [3.05, 3.63) is 129 Å². The molecule has 6 aliphatic rings. The Labute approximate surface area is 354 Å². The van der Waals surface area contributed by atoms with E-state index in [4.69, 9.17) is 0 Å². The molecule has 2 N–H and O–H groups in total. The lowest BCUT2D eigenvalue weighted by molar-refractivity contribution is -0.147. The predicted octanol–water partition coefficient (Wildman–Crippen LogP) is 6.22. The second-order valence-electron chi connectivity index (χ2n) is 18.0. The van der Waals surface area contributed by atoms with Crippen LogP contribution in [-0.2, 0) is 33.9 Å². The Morgan fingerprint density at radius 2 is 1.41 bits per heavy atom. The quantitative estimate of drug-likeness (QED) is 0.211. The van der Waals surface area contributed by atoms with Gasteiger partial charge in [-0.1, -0.05) is 48.5 Å². The van der Waals surface area contributed by atoms with Gasteiger partial charge in [0.2, 0.25) is 11.8 Å². The molecule has 1 unspecified atom stereocenters. The third-order valence-electron chi connectivity index (χ3n) is 14.3. The van der Waals surface area contributed by atoms with Crippen LogP contribution in [0.1, 0.15) is 111 Å². The first kappa shape index (κ1) is 39.3. The van der Waals surface area contributed by atoms with Crippen LogP contribution in [0.3, 0.4) is 0 Å². The molecule has 12 heteroatoms. The van der Waals surface area contributed by atoms with Gasteiger partial charge in [0, 0.05) is 76.7 Å². The number of hydrogen-bond donors (Lipinski definition) is 2. The number of alkyl halides is 1. The number of piperidine rings is 3. The standard InChI is InChI=1S/C49H50FN5O6/c50-49(18-22-53(23-19-49)36-9-6-32(7-10-36)44-38(31-4-2-1-3-5-31)12-8-33-24-37(56)11-13-39(33)44)48(61)54-20-16-30(17-21-54)27-52-28-34-25-40-41(26-35(34)29-52)47(60)55(46(40)59)42-14-15-43(57)51-45(42)58/h1-7,9-11,13,24-26,30,38,42,44,56H,8,12,14-23,27-29H2,(H,51,57,58)/t38-,42?,44+/m1/s1. The van der Waals surface area contributed by atoms with Crippen LogP contribution < -0.4 is 10.2 Å². The highest BCUT2D eigenvalue weighted by Crippen LogP contribution is 2.47. The number of benzene rings is 4. The van der Waals surface area contributed by atoms with Gasteiger partial charge >= 0.3 is 0 Å². The van der Waals surface area contributed by atoms with E-state index in [9.17, 15) is 29.1 Å². The van der Waals surface area contributed by atoms with E-state index in [1.165, 1.54) is 22.3 Å². The molecule has 0 aromatic heterocycles. The lowest BCUT2D eigenvalue weighted by Crippen LogP contribution is -2.54. The van der Waals surface area contributed by atoms with Crippen molar-refractivity contribution in [2.75, 3.05) is 37.6 Å². The van der Waals surface area contributed by atoms with E-state index in [-0.39, 0.29) is 31.6 Å². The number of likely N-dealkylation sites (tertiary alicyclic amines) is 1. The van der Waals surface area contributed by atoms with Gasteiger partial charge in [-0.2, -0.15) is 0 Å². The number of nitrogens with one attached hydrogen (secondary N) is 1. The highest BCUT2D eigenvalue weighted by atomic mass is 19.1. The van der Waals surface area contributed by atoms with Gasteiger partial charge in [0.05, 0.1) is 11.1 Å². The molecule has 61 heavy (non-hydrogen) atoms. The van der Waals surface area contributed by atoms with E-state index in [0.717, 1.165) is 53.9 Å². The van der Waals surface area contributed by atoms with E-state index in [0.29, 0.717) is 68.0 Å². The molecule has 5 amide bonds. The number of hydrogen-bond acceptors (Lipinski definition) is 8. The normalized spacial score (nSPS) is 24.1. The van der Waals surface area contributed by atoms with Crippen LogP contribution in [0.15, 0.2) is 84.9 Å². The van der Waals surface area contributed by atoms with Crippen LogP contribution in [0.5, 0.6) is 5.75 Å². The van der Waals surface area contributed by atoms with Gasteiger partial charge in [0.15, 0.2) is 5.67 Å². The number of carbonyl (C=O) groups excluding carboxylic acids is 5. The van der Waals surface area contributed by atoms with Crippen LogP contribution in [-0.4, -0.2) is 93.8 Å². The van der Waals surface area contributed by atoms with Gasteiger partial charge in [-0.25, -0.2) is 4.39 Å². The fraction of sp³-hybridized carbons (Fsp3) is 0.408. The number of anilines is 1. The van der Waals surface area contributed by atoms with E-state index >= 15 is 4.39 Å². The fourth-order valence-corrected chi connectivity index (χ4v) is 11.0. The number of phenolic OH excluding ortho intramolecular Hbond substituents is 1. The summed E-state index contributed by atoms with van der Waals surface area (Å²) in [7, 11) is 0. The van der Waals surface area contributed by atoms with E-state index in [1.807, 2.05) is 12.1 Å². The van der Waals surface area contributed by atoms with Gasteiger partial charge in [-0.3, -0.25) is 39.1 Å². The molecule has 0 saturated carbocycles. The van der Waals surface area contributed by atoms with Crippen molar-refractivity contribution in [1.29, 1.82) is 0 Å². The molecule has 10 rings (SSSR count). The van der Waals surface area contributed by atoms with Gasteiger partial charge in [-0.15, -0.1) is 0 Å². The van der Waals surface area contributed by atoms with Crippen molar-refractivity contribution >= 4 is 35.2 Å². The maximum absolute atomic E-state index is 16.5. The van der Waals surface area contributed by atoms with Crippen LogP contribution in [0.4, 0.5) is 10.1 Å². The largest absolute Gasteiger partial charge is 0.508 e. The van der Waals surface area contributed by atoms with Crippen LogP contribution >= 0.6 is 0 Å². The monoisotopic (exact) mass is 823 g/mol. The predicted molar refractivity (Wildman–Crippen MR) is 226 cm³/mol. The van der Waals surface area contributed by atoms with Crippen LogP contribution in [0.25, 0.3) is 0 Å². The molecule has 1 aliphatic carbocycles. The summed E-state index contributed by atoms with van der Waals surface area (Å²) in [6.07, 6.45) is 3.95. The zero-order valence-corrected chi connectivity index (χ0v) is 34.2. The van der Waals surface area contributed by atoms with Crippen molar-refractivity contribution in [2.24, 2.45) is 5.92 Å². The van der Waals surface area contributed by atoms with E-state index < -0.39 is 41.2 Å². The Balaban J connectivity index is 0.724. The fourth-order valence-electron chi connectivity index (χ4n) is 11.0. The average Bonchev–Trinajstić information content (AvgIpc) is 3.78. The Morgan fingerprint density at radius 1 is 0.738 bits per heavy atom. The molecule has 0 spiro atoms. The van der Waals surface area contributed by atoms with Crippen molar-refractivity contribution in [1.82, 2.24) is 20.0 Å². The molecule has 3 fully saturated rings. The zero-order valence-electron chi connectivity index (χ0n) is 34.2. The lowest BCUT2D eigenvalue weighted by atomic mass is 9.69. The summed E-state index contributed by atoms with van der Waals surface area (Å²) in [5, 5.41) is 12.5. The van der Waals surface area contributed by atoms with Crippen molar-refractivity contribution in [2.45, 2.75) is 88.0 Å². The number of fused-ring (bicyclic) bond motifs is 3. The number of halogens is 1. The number of carbonyl (C=O) groups is 5. The number of aromatic hydroxyl groups is 1. The Bertz CT molecular complexity index is 2380. The molecular formula is C49H50FN5O6. The summed E-state index contributed by atoms with van der Waals surface area (Å²) < 4.78 is 16.5. The van der Waals surface area contributed by atoms with Crippen LogP contribution in [0.2, 0.25) is 0 Å². The third kappa shape index (κ3) is 7.18. The first-order valence-corrected chi connectivity index (χ1v) is 21.8. The first-order chi connectivity index (χ1) is 29.5. The van der Waals surface area contributed by atoms with Crippen molar-refractivity contribution < 1.29 is 33.5 Å². The first-order valence-electron chi connectivity index (χ1n) is 21.8. The number of rotatable bonds is 7. The number of nitrogens with zero attached hydrogens (tertiary/aromatic N) is 4. The molecule has 4 aromatic rings. The minimum absolute atomic E-state index is 0.0780. The molecule has 4 aromatic carbocycles. The third-order valence-corrected chi connectivity index (χ3v) is 14.3. The highest BCUT2D eigenvalue weighted by molar-refractivity contribution is 6.23. The van der Waals surface area contributed by atoms with Gasteiger partial charge in [-0.05, 0) is 114 Å². The molecule has 11 nitrogen and oxygen atoms in total. The molecule has 3 saturated heterocycles. The Kier molecular flexibility index (Phi) is 10.0. The highest BCUT2D eigenvalue weighted by Gasteiger charge is 2.47. The molecule has 0 radical (unpaired) electrons. The van der Waals surface area contributed by atoms with Crippen LogP contribution in [0, 0.1) is 5.92 Å². The minimum atomic E-state index is -1.89. The smallest absolute Gasteiger partial charge is 0.262 e. The second kappa shape index (κ2) is 15.5.